The van der Waals surface area contributed by atoms with Gasteiger partial charge in [-0.3, -0.25) is 4.79 Å². The summed E-state index contributed by atoms with van der Waals surface area (Å²) >= 11 is 6.25. The average molecular weight is 469 g/mol. The topological polar surface area (TPSA) is 66.5 Å². The molecule has 0 bridgehead atoms. The quantitative estimate of drug-likeness (QED) is 0.565. The summed E-state index contributed by atoms with van der Waals surface area (Å²) in [5, 5.41) is 3.14. The number of amides is 1. The summed E-state index contributed by atoms with van der Waals surface area (Å²) in [7, 11) is -3.90. The van der Waals surface area contributed by atoms with Crippen LogP contribution in [-0.2, 0) is 21.4 Å². The van der Waals surface area contributed by atoms with E-state index in [1.54, 1.807) is 18.2 Å². The summed E-state index contributed by atoms with van der Waals surface area (Å²) in [6.45, 7) is 0.517. The van der Waals surface area contributed by atoms with Crippen LogP contribution in [0.4, 0.5) is 0 Å². The average Bonchev–Trinajstić information content (AvgIpc) is 2.83. The number of nitrogens with one attached hydrogen (secondary N) is 1. The molecular formula is C25H25ClN2O3S. The molecule has 1 N–H and O–H groups in total. The maximum Gasteiger partial charge on any atom is 0.245 e. The highest BCUT2D eigenvalue weighted by molar-refractivity contribution is 7.89. The predicted molar refractivity (Wildman–Crippen MR) is 126 cm³/mol. The van der Waals surface area contributed by atoms with Crippen LogP contribution in [0.3, 0.4) is 0 Å². The monoisotopic (exact) mass is 468 g/mol. The van der Waals surface area contributed by atoms with Crippen molar-refractivity contribution in [3.8, 4) is 0 Å². The largest absolute Gasteiger partial charge is 0.352 e. The van der Waals surface area contributed by atoms with Gasteiger partial charge in [0.05, 0.1) is 17.0 Å². The minimum atomic E-state index is -3.90. The van der Waals surface area contributed by atoms with E-state index in [1.807, 2.05) is 60.7 Å². The molecule has 0 aliphatic carbocycles. The number of hydrogen-bond acceptors (Lipinski definition) is 3. The fourth-order valence-electron chi connectivity index (χ4n) is 4.14. The first-order valence-corrected chi connectivity index (χ1v) is 12.4. The van der Waals surface area contributed by atoms with Crippen LogP contribution in [0.5, 0.6) is 0 Å². The normalized spacial score (nSPS) is 19.4. The van der Waals surface area contributed by atoms with Gasteiger partial charge in [0, 0.05) is 13.1 Å². The molecule has 0 radical (unpaired) electrons. The van der Waals surface area contributed by atoms with Crippen LogP contribution in [0.25, 0.3) is 0 Å². The van der Waals surface area contributed by atoms with E-state index in [9.17, 15) is 13.2 Å². The van der Waals surface area contributed by atoms with E-state index in [2.05, 4.69) is 5.32 Å². The summed E-state index contributed by atoms with van der Waals surface area (Å²) < 4.78 is 28.7. The molecule has 0 saturated carbocycles. The van der Waals surface area contributed by atoms with Crippen molar-refractivity contribution in [3.05, 3.63) is 101 Å². The standard InChI is InChI=1S/C25H25ClN2O3S/c26-22-13-7-8-14-24(22)32(30,31)28-18-21(15-16-23(28)20-11-5-2-6-12-20)25(29)27-17-19-9-3-1-4-10-19/h1-14,21,23H,15-18H2,(H,27,29)/t21-,23-/m1/s1. The van der Waals surface area contributed by atoms with Gasteiger partial charge in [0.15, 0.2) is 0 Å². The summed E-state index contributed by atoms with van der Waals surface area (Å²) in [6.07, 6.45) is 1.16. The first-order chi connectivity index (χ1) is 15.5. The number of nitrogens with zero attached hydrogens (tertiary/aromatic N) is 1. The number of sulfonamides is 1. The van der Waals surface area contributed by atoms with Crippen LogP contribution in [0.2, 0.25) is 5.02 Å². The van der Waals surface area contributed by atoms with E-state index in [0.29, 0.717) is 19.4 Å². The molecule has 166 valence electrons. The van der Waals surface area contributed by atoms with Crippen LogP contribution < -0.4 is 5.32 Å². The van der Waals surface area contributed by atoms with Crippen LogP contribution >= 0.6 is 11.6 Å². The van der Waals surface area contributed by atoms with Gasteiger partial charge in [0.2, 0.25) is 15.9 Å². The molecule has 0 aromatic heterocycles. The summed E-state index contributed by atoms with van der Waals surface area (Å²) in [6, 6.07) is 25.3. The molecule has 0 spiro atoms. The number of rotatable bonds is 6. The van der Waals surface area contributed by atoms with Crippen molar-refractivity contribution in [3.63, 3.8) is 0 Å². The third kappa shape index (κ3) is 4.88. The van der Waals surface area contributed by atoms with E-state index < -0.39 is 15.9 Å². The highest BCUT2D eigenvalue weighted by Gasteiger charge is 2.40. The molecule has 3 aromatic carbocycles. The lowest BCUT2D eigenvalue weighted by atomic mass is 9.90. The van der Waals surface area contributed by atoms with Gasteiger partial charge in [-0.25, -0.2) is 8.42 Å². The Morgan fingerprint density at radius 2 is 1.53 bits per heavy atom. The molecule has 1 heterocycles. The molecule has 0 unspecified atom stereocenters. The Morgan fingerprint density at radius 3 is 2.22 bits per heavy atom. The fourth-order valence-corrected chi connectivity index (χ4v) is 6.32. The minimum absolute atomic E-state index is 0.0629. The zero-order valence-electron chi connectivity index (χ0n) is 17.5. The smallest absolute Gasteiger partial charge is 0.245 e. The van der Waals surface area contributed by atoms with Gasteiger partial charge in [-0.2, -0.15) is 4.31 Å². The Labute approximate surface area is 194 Å². The second-order valence-corrected chi connectivity index (χ2v) is 10.2. The van der Waals surface area contributed by atoms with Crippen molar-refractivity contribution < 1.29 is 13.2 Å². The number of carbonyl (C=O) groups excluding carboxylic acids is 1. The number of piperidine rings is 1. The molecule has 3 aromatic rings. The summed E-state index contributed by atoms with van der Waals surface area (Å²) in [5.74, 6) is -0.573. The predicted octanol–water partition coefficient (Wildman–Crippen LogP) is 4.80. The SMILES string of the molecule is O=C(NCc1ccccc1)[C@@H]1CC[C@H](c2ccccc2)N(S(=O)(=O)c2ccccc2Cl)C1. The molecule has 4 rings (SSSR count). The van der Waals surface area contributed by atoms with Crippen molar-refractivity contribution in [1.29, 1.82) is 0 Å². The van der Waals surface area contributed by atoms with Crippen LogP contribution in [0, 0.1) is 5.92 Å². The summed E-state index contributed by atoms with van der Waals surface area (Å²) in [4.78, 5) is 13.0. The van der Waals surface area contributed by atoms with Gasteiger partial charge in [-0.05, 0) is 36.1 Å². The first kappa shape index (κ1) is 22.5. The Hall–Kier alpha value is -2.67. The maximum absolute atomic E-state index is 13.6. The van der Waals surface area contributed by atoms with E-state index in [4.69, 9.17) is 11.6 Å². The van der Waals surface area contributed by atoms with Gasteiger partial charge in [-0.1, -0.05) is 84.4 Å². The third-order valence-electron chi connectivity index (χ3n) is 5.82. The van der Waals surface area contributed by atoms with Crippen molar-refractivity contribution in [2.75, 3.05) is 6.54 Å². The van der Waals surface area contributed by atoms with Gasteiger partial charge < -0.3 is 5.32 Å². The minimum Gasteiger partial charge on any atom is -0.352 e. The number of benzene rings is 3. The molecule has 1 saturated heterocycles. The molecule has 1 amide bonds. The lowest BCUT2D eigenvalue weighted by Gasteiger charge is -2.38. The van der Waals surface area contributed by atoms with Gasteiger partial charge in [0.1, 0.15) is 4.90 Å². The molecule has 5 nitrogen and oxygen atoms in total. The van der Waals surface area contributed by atoms with E-state index >= 15 is 0 Å². The Kier molecular flexibility index (Phi) is 6.94. The van der Waals surface area contributed by atoms with Crippen LogP contribution in [-0.4, -0.2) is 25.2 Å². The zero-order chi connectivity index (χ0) is 22.6. The van der Waals surface area contributed by atoms with E-state index in [-0.39, 0.29) is 28.4 Å². The van der Waals surface area contributed by atoms with Crippen LogP contribution in [0.1, 0.15) is 30.0 Å². The highest BCUT2D eigenvalue weighted by Crippen LogP contribution is 2.38. The van der Waals surface area contributed by atoms with Crippen molar-refractivity contribution in [2.45, 2.75) is 30.3 Å². The molecule has 7 heteroatoms. The number of hydrogen-bond donors (Lipinski definition) is 1. The molecule has 1 aliphatic heterocycles. The molecule has 1 fully saturated rings. The molecular weight excluding hydrogens is 444 g/mol. The van der Waals surface area contributed by atoms with E-state index in [0.717, 1.165) is 11.1 Å². The van der Waals surface area contributed by atoms with Crippen molar-refractivity contribution in [2.24, 2.45) is 5.92 Å². The number of carbonyl (C=O) groups is 1. The van der Waals surface area contributed by atoms with Gasteiger partial charge >= 0.3 is 0 Å². The highest BCUT2D eigenvalue weighted by atomic mass is 35.5. The lowest BCUT2D eigenvalue weighted by Crippen LogP contribution is -2.46. The third-order valence-corrected chi connectivity index (χ3v) is 8.20. The fraction of sp³-hybridized carbons (Fsp3) is 0.240. The van der Waals surface area contributed by atoms with Gasteiger partial charge in [0.25, 0.3) is 0 Å². The van der Waals surface area contributed by atoms with Crippen molar-refractivity contribution in [1.82, 2.24) is 9.62 Å². The second kappa shape index (κ2) is 9.86. The number of halogens is 1. The second-order valence-electron chi connectivity index (χ2n) is 7.91. The Balaban J connectivity index is 1.60. The van der Waals surface area contributed by atoms with E-state index in [1.165, 1.54) is 10.4 Å². The summed E-state index contributed by atoms with van der Waals surface area (Å²) in [5.41, 5.74) is 1.91. The van der Waals surface area contributed by atoms with Crippen LogP contribution in [0.15, 0.2) is 89.8 Å². The maximum atomic E-state index is 13.6. The first-order valence-electron chi connectivity index (χ1n) is 10.6. The molecule has 32 heavy (non-hydrogen) atoms. The van der Waals surface area contributed by atoms with Gasteiger partial charge in [-0.15, -0.1) is 0 Å². The molecule has 2 atom stereocenters. The zero-order valence-corrected chi connectivity index (χ0v) is 19.1. The molecule has 1 aliphatic rings. The van der Waals surface area contributed by atoms with Crippen molar-refractivity contribution >= 4 is 27.5 Å². The lowest BCUT2D eigenvalue weighted by molar-refractivity contribution is -0.126. The Morgan fingerprint density at radius 1 is 0.906 bits per heavy atom. The Bertz CT molecular complexity index is 1170.